The summed E-state index contributed by atoms with van der Waals surface area (Å²) < 4.78 is 0. The van der Waals surface area contributed by atoms with Gasteiger partial charge in [0.25, 0.3) is 0 Å². The first-order chi connectivity index (χ1) is 10.2. The van der Waals surface area contributed by atoms with E-state index in [1.165, 1.54) is 32.1 Å². The van der Waals surface area contributed by atoms with Crippen LogP contribution >= 0.6 is 0 Å². The Balaban J connectivity index is 1.45. The highest BCUT2D eigenvalue weighted by atomic mass is 16.2. The summed E-state index contributed by atoms with van der Waals surface area (Å²) >= 11 is 0. The first kappa shape index (κ1) is 14.7. The molecule has 1 heterocycles. The maximum absolute atomic E-state index is 12.2. The summed E-state index contributed by atoms with van der Waals surface area (Å²) in [6.45, 7) is 0.732. The Morgan fingerprint density at radius 2 is 2.10 bits per heavy atom. The van der Waals surface area contributed by atoms with Gasteiger partial charge >= 0.3 is 0 Å². The van der Waals surface area contributed by atoms with Crippen molar-refractivity contribution in [3.8, 4) is 0 Å². The van der Waals surface area contributed by atoms with Crippen LogP contribution < -0.4 is 21.7 Å². The maximum Gasteiger partial charge on any atom is 0.237 e. The highest BCUT2D eigenvalue weighted by Gasteiger charge is 2.33. The normalized spacial score (nSPS) is 33.2. The average molecular weight is 292 g/mol. The largest absolute Gasteiger partial charge is 0.372 e. The van der Waals surface area contributed by atoms with Gasteiger partial charge in [0.2, 0.25) is 5.91 Å². The van der Waals surface area contributed by atoms with Crippen molar-refractivity contribution in [3.05, 3.63) is 11.9 Å². The van der Waals surface area contributed by atoms with E-state index in [2.05, 4.69) is 16.0 Å². The molecular weight excluding hydrogens is 264 g/mol. The molecule has 21 heavy (non-hydrogen) atoms. The molecule has 0 radical (unpaired) electrons. The predicted octanol–water partition coefficient (Wildman–Crippen LogP) is 1.17. The van der Waals surface area contributed by atoms with E-state index in [1.807, 2.05) is 6.20 Å². The van der Waals surface area contributed by atoms with Gasteiger partial charge in [-0.25, -0.2) is 0 Å². The van der Waals surface area contributed by atoms with Gasteiger partial charge in [-0.1, -0.05) is 25.7 Å². The van der Waals surface area contributed by atoms with E-state index >= 15 is 0 Å². The molecule has 2 fully saturated rings. The van der Waals surface area contributed by atoms with Gasteiger partial charge in [-0.3, -0.25) is 4.79 Å². The van der Waals surface area contributed by atoms with Crippen LogP contribution in [-0.2, 0) is 4.79 Å². The van der Waals surface area contributed by atoms with E-state index in [0.717, 1.165) is 37.0 Å². The predicted molar refractivity (Wildman–Crippen MR) is 83.0 cm³/mol. The SMILES string of the molecule is NC(CC1=CNCN1)C(=O)NC1CCC2CCCCC2C1. The molecule has 4 unspecified atom stereocenters. The maximum atomic E-state index is 12.2. The fourth-order valence-corrected chi connectivity index (χ4v) is 4.16. The number of amides is 1. The number of nitrogens with two attached hydrogens (primary N) is 1. The van der Waals surface area contributed by atoms with Crippen molar-refractivity contribution >= 4 is 5.91 Å². The van der Waals surface area contributed by atoms with Crippen molar-refractivity contribution in [2.24, 2.45) is 17.6 Å². The van der Waals surface area contributed by atoms with Crippen LogP contribution in [0.2, 0.25) is 0 Å². The molecule has 0 spiro atoms. The number of carbonyl (C=O) groups excluding carboxylic acids is 1. The number of carbonyl (C=O) groups is 1. The molecule has 0 aromatic rings. The minimum absolute atomic E-state index is 0.00357. The molecule has 1 amide bonds. The van der Waals surface area contributed by atoms with Gasteiger partial charge in [-0.2, -0.15) is 0 Å². The van der Waals surface area contributed by atoms with Gasteiger partial charge in [0.15, 0.2) is 0 Å². The zero-order valence-corrected chi connectivity index (χ0v) is 12.7. The van der Waals surface area contributed by atoms with Crippen molar-refractivity contribution < 1.29 is 4.79 Å². The lowest BCUT2D eigenvalue weighted by Gasteiger charge is -2.39. The average Bonchev–Trinajstić information content (AvgIpc) is 3.00. The quantitative estimate of drug-likeness (QED) is 0.627. The third-order valence-electron chi connectivity index (χ3n) is 5.36. The lowest BCUT2D eigenvalue weighted by atomic mass is 9.69. The molecule has 2 aliphatic carbocycles. The summed E-state index contributed by atoms with van der Waals surface area (Å²) in [6.07, 6.45) is 11.6. The van der Waals surface area contributed by atoms with Gasteiger partial charge in [-0.05, 0) is 31.1 Å². The molecule has 118 valence electrons. The van der Waals surface area contributed by atoms with Crippen LogP contribution in [-0.4, -0.2) is 24.7 Å². The van der Waals surface area contributed by atoms with Gasteiger partial charge < -0.3 is 21.7 Å². The van der Waals surface area contributed by atoms with Crippen LogP contribution in [0.5, 0.6) is 0 Å². The zero-order valence-electron chi connectivity index (χ0n) is 12.7. The lowest BCUT2D eigenvalue weighted by molar-refractivity contribution is -0.123. The monoisotopic (exact) mass is 292 g/mol. The molecule has 5 heteroatoms. The number of nitrogens with one attached hydrogen (secondary N) is 3. The molecule has 1 aliphatic heterocycles. The van der Waals surface area contributed by atoms with E-state index in [9.17, 15) is 4.79 Å². The second kappa shape index (κ2) is 6.69. The Bertz CT molecular complexity index is 409. The summed E-state index contributed by atoms with van der Waals surface area (Å²) in [5.41, 5.74) is 7.05. The third kappa shape index (κ3) is 3.70. The fraction of sp³-hybridized carbons (Fsp3) is 0.812. The van der Waals surface area contributed by atoms with E-state index in [1.54, 1.807) is 0 Å². The highest BCUT2D eigenvalue weighted by Crippen LogP contribution is 2.40. The molecule has 0 saturated heterocycles. The summed E-state index contributed by atoms with van der Waals surface area (Å²) in [7, 11) is 0. The van der Waals surface area contributed by atoms with Gasteiger partial charge in [-0.15, -0.1) is 0 Å². The second-order valence-corrected chi connectivity index (χ2v) is 6.86. The minimum atomic E-state index is -0.451. The second-order valence-electron chi connectivity index (χ2n) is 6.86. The first-order valence-electron chi connectivity index (χ1n) is 8.44. The minimum Gasteiger partial charge on any atom is -0.372 e. The molecule has 5 nitrogen and oxygen atoms in total. The molecule has 2 saturated carbocycles. The van der Waals surface area contributed by atoms with Crippen LogP contribution in [0.25, 0.3) is 0 Å². The molecule has 0 bridgehead atoms. The van der Waals surface area contributed by atoms with Crippen molar-refractivity contribution in [1.82, 2.24) is 16.0 Å². The number of hydrogen-bond donors (Lipinski definition) is 4. The lowest BCUT2D eigenvalue weighted by Crippen LogP contribution is -2.48. The summed E-state index contributed by atoms with van der Waals surface area (Å²) in [6, 6.07) is -0.112. The Hall–Kier alpha value is -1.23. The van der Waals surface area contributed by atoms with Crippen LogP contribution in [0.3, 0.4) is 0 Å². The number of hydrogen-bond acceptors (Lipinski definition) is 4. The number of rotatable bonds is 4. The highest BCUT2D eigenvalue weighted by molar-refractivity contribution is 5.82. The zero-order chi connectivity index (χ0) is 14.7. The topological polar surface area (TPSA) is 79.2 Å². The van der Waals surface area contributed by atoms with Crippen LogP contribution in [0.1, 0.15) is 51.4 Å². The molecule has 0 aromatic heterocycles. The van der Waals surface area contributed by atoms with Crippen LogP contribution in [0.15, 0.2) is 11.9 Å². The molecule has 3 rings (SSSR count). The molecular formula is C16H28N4O. The van der Waals surface area contributed by atoms with E-state index in [-0.39, 0.29) is 5.91 Å². The molecule has 3 aliphatic rings. The van der Waals surface area contributed by atoms with Gasteiger partial charge in [0, 0.05) is 24.4 Å². The summed E-state index contributed by atoms with van der Waals surface area (Å²) in [4.78, 5) is 12.2. The van der Waals surface area contributed by atoms with Gasteiger partial charge in [0.05, 0.1) is 12.7 Å². The van der Waals surface area contributed by atoms with E-state index in [0.29, 0.717) is 12.5 Å². The number of fused-ring (bicyclic) bond motifs is 1. The smallest absolute Gasteiger partial charge is 0.237 e. The Morgan fingerprint density at radius 3 is 2.86 bits per heavy atom. The van der Waals surface area contributed by atoms with Crippen molar-refractivity contribution in [3.63, 3.8) is 0 Å². The Labute approximate surface area is 127 Å². The standard InChI is InChI=1S/C16H28N4O/c17-15(8-14-9-18-10-19-14)16(21)20-13-6-5-11-3-1-2-4-12(11)7-13/h9,11-13,15,18-19H,1-8,10,17H2,(H,20,21). The van der Waals surface area contributed by atoms with E-state index in [4.69, 9.17) is 5.73 Å². The molecule has 0 aromatic carbocycles. The summed E-state index contributed by atoms with van der Waals surface area (Å²) in [5.74, 6) is 1.75. The van der Waals surface area contributed by atoms with Crippen molar-refractivity contribution in [2.75, 3.05) is 6.67 Å². The van der Waals surface area contributed by atoms with Crippen LogP contribution in [0, 0.1) is 11.8 Å². The molecule has 4 atom stereocenters. The Morgan fingerprint density at radius 1 is 1.29 bits per heavy atom. The molecule has 5 N–H and O–H groups in total. The summed E-state index contributed by atoms with van der Waals surface area (Å²) in [5, 5.41) is 9.43. The van der Waals surface area contributed by atoms with Crippen molar-refractivity contribution in [2.45, 2.75) is 63.5 Å². The van der Waals surface area contributed by atoms with Gasteiger partial charge in [0.1, 0.15) is 0 Å². The van der Waals surface area contributed by atoms with Crippen LogP contribution in [0.4, 0.5) is 0 Å². The Kier molecular flexibility index (Phi) is 4.68. The van der Waals surface area contributed by atoms with E-state index < -0.39 is 6.04 Å². The third-order valence-corrected chi connectivity index (χ3v) is 5.36. The first-order valence-corrected chi connectivity index (χ1v) is 8.44. The fourth-order valence-electron chi connectivity index (χ4n) is 4.16. The van der Waals surface area contributed by atoms with Crippen molar-refractivity contribution in [1.29, 1.82) is 0 Å².